The number of hydrazine groups is 1. The third kappa shape index (κ3) is 3.61. The molecule has 2 atom stereocenters. The number of hydrogen-bond donors (Lipinski definition) is 2. The smallest absolute Gasteiger partial charge is 0.0395 e. The molecule has 1 aliphatic rings. The van der Waals surface area contributed by atoms with Crippen LogP contribution >= 0.6 is 11.3 Å². The Morgan fingerprint density at radius 1 is 1.40 bits per heavy atom. The number of likely N-dealkylation sites (tertiary alicyclic amines) is 1. The first-order valence-electron chi connectivity index (χ1n) is 7.93. The van der Waals surface area contributed by atoms with Gasteiger partial charge in [0.25, 0.3) is 0 Å². The molecular formula is C16H29N3S. The van der Waals surface area contributed by atoms with E-state index >= 15 is 0 Å². The van der Waals surface area contributed by atoms with E-state index in [1.165, 1.54) is 37.9 Å². The second-order valence-electron chi connectivity index (χ2n) is 6.15. The van der Waals surface area contributed by atoms with Crippen LogP contribution in [0.3, 0.4) is 0 Å². The van der Waals surface area contributed by atoms with Gasteiger partial charge in [0.15, 0.2) is 0 Å². The molecule has 0 aromatic carbocycles. The van der Waals surface area contributed by atoms with Crippen LogP contribution < -0.4 is 11.3 Å². The summed E-state index contributed by atoms with van der Waals surface area (Å²) in [7, 11) is 0. The Labute approximate surface area is 127 Å². The highest BCUT2D eigenvalue weighted by Crippen LogP contribution is 2.29. The minimum Gasteiger partial charge on any atom is -0.296 e. The van der Waals surface area contributed by atoms with Crippen molar-refractivity contribution in [1.82, 2.24) is 10.3 Å². The normalized spacial score (nSPS) is 21.6. The van der Waals surface area contributed by atoms with E-state index < -0.39 is 0 Å². The summed E-state index contributed by atoms with van der Waals surface area (Å²) >= 11 is 1.78. The van der Waals surface area contributed by atoms with Crippen molar-refractivity contribution >= 4 is 11.3 Å². The lowest BCUT2D eigenvalue weighted by molar-refractivity contribution is 0.0403. The number of nitrogens with two attached hydrogens (primary N) is 1. The van der Waals surface area contributed by atoms with Gasteiger partial charge in [0.2, 0.25) is 0 Å². The average Bonchev–Trinajstić information content (AvgIpc) is 3.01. The van der Waals surface area contributed by atoms with Gasteiger partial charge in [0, 0.05) is 11.6 Å². The maximum Gasteiger partial charge on any atom is 0.0395 e. The number of rotatable bonds is 7. The van der Waals surface area contributed by atoms with Crippen molar-refractivity contribution < 1.29 is 0 Å². The monoisotopic (exact) mass is 295 g/mol. The summed E-state index contributed by atoms with van der Waals surface area (Å²) in [6, 6.07) is 2.58. The van der Waals surface area contributed by atoms with Crippen molar-refractivity contribution in [3.63, 3.8) is 0 Å². The molecule has 1 saturated heterocycles. The maximum absolute atomic E-state index is 5.91. The van der Waals surface area contributed by atoms with E-state index in [1.54, 1.807) is 11.3 Å². The third-order valence-corrected chi connectivity index (χ3v) is 5.78. The minimum absolute atomic E-state index is 0.172. The summed E-state index contributed by atoms with van der Waals surface area (Å²) in [6.45, 7) is 7.13. The van der Waals surface area contributed by atoms with Gasteiger partial charge in [-0.1, -0.05) is 13.3 Å². The van der Waals surface area contributed by atoms with Gasteiger partial charge < -0.3 is 0 Å². The average molecular weight is 295 g/mol. The summed E-state index contributed by atoms with van der Waals surface area (Å²) < 4.78 is 0. The lowest BCUT2D eigenvalue weighted by atomic mass is 9.83. The van der Waals surface area contributed by atoms with E-state index in [-0.39, 0.29) is 5.54 Å². The summed E-state index contributed by atoms with van der Waals surface area (Å²) in [4.78, 5) is 2.66. The maximum atomic E-state index is 5.91. The molecule has 2 unspecified atom stereocenters. The predicted octanol–water partition coefficient (Wildman–Crippen LogP) is 3.17. The van der Waals surface area contributed by atoms with Crippen LogP contribution in [0.2, 0.25) is 0 Å². The molecule has 0 aliphatic carbocycles. The van der Waals surface area contributed by atoms with Crippen LogP contribution in [-0.2, 0) is 6.42 Å². The summed E-state index contributed by atoms with van der Waals surface area (Å²) in [5.41, 5.74) is 4.72. The van der Waals surface area contributed by atoms with Gasteiger partial charge in [-0.05, 0) is 74.5 Å². The van der Waals surface area contributed by atoms with Crippen LogP contribution in [0.25, 0.3) is 0 Å². The molecule has 1 aromatic heterocycles. The molecule has 20 heavy (non-hydrogen) atoms. The Morgan fingerprint density at radius 3 is 2.70 bits per heavy atom. The van der Waals surface area contributed by atoms with Gasteiger partial charge in [-0.2, -0.15) is 11.3 Å². The Kier molecular flexibility index (Phi) is 6.02. The topological polar surface area (TPSA) is 41.3 Å². The Morgan fingerprint density at radius 2 is 2.15 bits per heavy atom. The molecule has 2 heterocycles. The van der Waals surface area contributed by atoms with Crippen LogP contribution in [0.4, 0.5) is 0 Å². The van der Waals surface area contributed by atoms with Crippen molar-refractivity contribution in [3.05, 3.63) is 22.4 Å². The Bertz CT molecular complexity index is 373. The van der Waals surface area contributed by atoms with Gasteiger partial charge in [-0.15, -0.1) is 0 Å². The van der Waals surface area contributed by atoms with Crippen LogP contribution in [0.5, 0.6) is 0 Å². The van der Waals surface area contributed by atoms with E-state index in [0.29, 0.717) is 6.04 Å². The molecule has 3 nitrogen and oxygen atoms in total. The number of aryl methyl sites for hydroxylation is 1. The van der Waals surface area contributed by atoms with Crippen LogP contribution in [0.1, 0.15) is 51.5 Å². The van der Waals surface area contributed by atoms with Crippen molar-refractivity contribution in [2.24, 2.45) is 5.84 Å². The fourth-order valence-electron chi connectivity index (χ4n) is 3.41. The largest absolute Gasteiger partial charge is 0.296 e. The molecule has 4 heteroatoms. The molecule has 1 aliphatic heterocycles. The zero-order valence-corrected chi connectivity index (χ0v) is 13.7. The molecule has 1 fully saturated rings. The standard InChI is InChI=1S/C16H29N3S/c1-3-16(2,19-10-5-4-6-11-19)15(18-17)8-7-14-9-12-20-13-14/h9,12-13,15,18H,3-8,10-11,17H2,1-2H3. The third-order valence-electron chi connectivity index (χ3n) is 5.05. The number of thiophene rings is 1. The fraction of sp³-hybridized carbons (Fsp3) is 0.750. The van der Waals surface area contributed by atoms with E-state index in [0.717, 1.165) is 19.3 Å². The van der Waals surface area contributed by atoms with E-state index in [4.69, 9.17) is 5.84 Å². The van der Waals surface area contributed by atoms with E-state index in [9.17, 15) is 0 Å². The van der Waals surface area contributed by atoms with Crippen LogP contribution in [-0.4, -0.2) is 29.6 Å². The van der Waals surface area contributed by atoms with E-state index in [1.807, 2.05) is 0 Å². The molecule has 0 bridgehead atoms. The highest BCUT2D eigenvalue weighted by molar-refractivity contribution is 7.07. The first-order chi connectivity index (χ1) is 9.70. The number of nitrogens with zero attached hydrogens (tertiary/aromatic N) is 1. The Hall–Kier alpha value is -0.420. The van der Waals surface area contributed by atoms with Crippen LogP contribution in [0, 0.1) is 0 Å². The van der Waals surface area contributed by atoms with Crippen LogP contribution in [0.15, 0.2) is 16.8 Å². The van der Waals surface area contributed by atoms with Crippen molar-refractivity contribution in [1.29, 1.82) is 0 Å². The molecule has 0 saturated carbocycles. The molecule has 2 rings (SSSR count). The predicted molar refractivity (Wildman–Crippen MR) is 87.9 cm³/mol. The SMILES string of the molecule is CCC(C)(C(CCc1ccsc1)NN)N1CCCCC1. The molecule has 1 aromatic rings. The first-order valence-corrected chi connectivity index (χ1v) is 8.87. The zero-order valence-electron chi connectivity index (χ0n) is 12.9. The van der Waals surface area contributed by atoms with Gasteiger partial charge in [0.1, 0.15) is 0 Å². The van der Waals surface area contributed by atoms with Gasteiger partial charge in [-0.25, -0.2) is 0 Å². The van der Waals surface area contributed by atoms with Crippen molar-refractivity contribution in [2.45, 2.75) is 64.0 Å². The molecule has 0 amide bonds. The molecule has 0 spiro atoms. The molecule has 114 valence electrons. The lowest BCUT2D eigenvalue weighted by Gasteiger charge is -2.48. The zero-order chi connectivity index (χ0) is 14.4. The number of hydrogen-bond acceptors (Lipinski definition) is 4. The van der Waals surface area contributed by atoms with Crippen molar-refractivity contribution in [3.8, 4) is 0 Å². The number of piperidine rings is 1. The second kappa shape index (κ2) is 7.55. The number of nitrogens with one attached hydrogen (secondary N) is 1. The summed E-state index contributed by atoms with van der Waals surface area (Å²) in [6.07, 6.45) is 7.40. The van der Waals surface area contributed by atoms with Gasteiger partial charge in [0.05, 0.1) is 0 Å². The highest BCUT2D eigenvalue weighted by Gasteiger charge is 2.37. The van der Waals surface area contributed by atoms with E-state index in [2.05, 4.69) is 41.0 Å². The Balaban J connectivity index is 2.01. The summed E-state index contributed by atoms with van der Waals surface area (Å²) in [5.74, 6) is 5.91. The summed E-state index contributed by atoms with van der Waals surface area (Å²) in [5, 5.41) is 4.40. The quantitative estimate of drug-likeness (QED) is 0.600. The minimum atomic E-state index is 0.172. The van der Waals surface area contributed by atoms with Gasteiger partial charge >= 0.3 is 0 Å². The molecular weight excluding hydrogens is 266 g/mol. The highest BCUT2D eigenvalue weighted by atomic mass is 32.1. The van der Waals surface area contributed by atoms with Gasteiger partial charge in [-0.3, -0.25) is 16.2 Å². The lowest BCUT2D eigenvalue weighted by Crippen LogP contribution is -2.62. The second-order valence-corrected chi connectivity index (χ2v) is 6.93. The molecule has 3 N–H and O–H groups in total. The molecule has 0 radical (unpaired) electrons. The van der Waals surface area contributed by atoms with Crippen molar-refractivity contribution in [2.75, 3.05) is 13.1 Å². The fourth-order valence-corrected chi connectivity index (χ4v) is 4.12. The first kappa shape index (κ1) is 16.0.